The number of nitrogens with zero attached hydrogens (tertiary/aromatic N) is 5. The number of aromatic nitrogens is 4. The predicted octanol–water partition coefficient (Wildman–Crippen LogP) is 3.61. The van der Waals surface area contributed by atoms with Gasteiger partial charge in [-0.3, -0.25) is 20.2 Å². The molecule has 0 aliphatic heterocycles. The molecule has 4 rings (SSSR count). The van der Waals surface area contributed by atoms with E-state index in [1.165, 1.54) is 58.5 Å². The highest BCUT2D eigenvalue weighted by atomic mass is 32.1. The molecule has 0 saturated heterocycles. The summed E-state index contributed by atoms with van der Waals surface area (Å²) in [6.07, 6.45) is 1.98. The highest BCUT2D eigenvalue weighted by Gasteiger charge is 2.14. The smallest absolute Gasteiger partial charge is 0.277 e. The molecule has 0 bridgehead atoms. The highest BCUT2D eigenvalue weighted by molar-refractivity contribution is 7.15. The summed E-state index contributed by atoms with van der Waals surface area (Å²) in [7, 11) is 0. The maximum absolute atomic E-state index is 13.3. The average molecular weight is 424 g/mol. The van der Waals surface area contributed by atoms with E-state index in [0.29, 0.717) is 22.2 Å². The van der Waals surface area contributed by atoms with Crippen molar-refractivity contribution in [3.63, 3.8) is 0 Å². The summed E-state index contributed by atoms with van der Waals surface area (Å²) in [6.45, 7) is 0. The monoisotopic (exact) mass is 424 g/mol. The minimum Gasteiger partial charge on any atom is -0.295 e. The van der Waals surface area contributed by atoms with Crippen LogP contribution in [0.25, 0.3) is 5.69 Å². The molecule has 0 fully saturated rings. The van der Waals surface area contributed by atoms with Gasteiger partial charge in [0, 0.05) is 24.8 Å². The van der Waals surface area contributed by atoms with E-state index in [1.54, 1.807) is 18.3 Å². The number of carbonyl (C=O) groups excluding carboxylic acids is 1. The van der Waals surface area contributed by atoms with Crippen LogP contribution in [0.2, 0.25) is 0 Å². The molecule has 2 aromatic heterocycles. The summed E-state index contributed by atoms with van der Waals surface area (Å²) >= 11 is 1.19. The Hall–Kier alpha value is -3.99. The van der Waals surface area contributed by atoms with E-state index in [-0.39, 0.29) is 17.2 Å². The summed E-state index contributed by atoms with van der Waals surface area (Å²) in [4.78, 5) is 22.7. The van der Waals surface area contributed by atoms with Crippen molar-refractivity contribution in [2.45, 2.75) is 6.42 Å². The molecule has 2 heterocycles. The fourth-order valence-corrected chi connectivity index (χ4v) is 3.44. The minimum absolute atomic E-state index is 0.0332. The summed E-state index contributed by atoms with van der Waals surface area (Å²) in [5, 5.41) is 26.4. The molecular weight excluding hydrogens is 411 g/mol. The maximum Gasteiger partial charge on any atom is 0.277 e. The van der Waals surface area contributed by atoms with Crippen molar-refractivity contribution in [2.24, 2.45) is 0 Å². The van der Waals surface area contributed by atoms with Crippen LogP contribution in [-0.2, 0) is 6.42 Å². The molecule has 2 aromatic carbocycles. The van der Waals surface area contributed by atoms with E-state index in [2.05, 4.69) is 20.6 Å². The lowest BCUT2D eigenvalue weighted by Crippen LogP contribution is -2.13. The average Bonchev–Trinajstić information content (AvgIpc) is 3.38. The second kappa shape index (κ2) is 8.17. The van der Waals surface area contributed by atoms with Gasteiger partial charge in [-0.2, -0.15) is 5.10 Å². The van der Waals surface area contributed by atoms with Crippen molar-refractivity contribution in [2.75, 3.05) is 5.32 Å². The molecule has 0 saturated carbocycles. The molecule has 150 valence electrons. The topological polar surface area (TPSA) is 116 Å². The van der Waals surface area contributed by atoms with Crippen LogP contribution in [0, 0.1) is 15.9 Å². The first-order chi connectivity index (χ1) is 14.5. The lowest BCUT2D eigenvalue weighted by molar-refractivity contribution is -0.384. The molecular formula is C19H13FN6O3S. The van der Waals surface area contributed by atoms with E-state index in [4.69, 9.17) is 0 Å². The second-order valence-electron chi connectivity index (χ2n) is 6.18. The van der Waals surface area contributed by atoms with Gasteiger partial charge in [0.25, 0.3) is 11.6 Å². The number of anilines is 1. The van der Waals surface area contributed by atoms with Gasteiger partial charge in [-0.15, -0.1) is 10.2 Å². The van der Waals surface area contributed by atoms with E-state index >= 15 is 0 Å². The Morgan fingerprint density at radius 2 is 1.97 bits per heavy atom. The molecule has 4 aromatic rings. The van der Waals surface area contributed by atoms with Crippen LogP contribution >= 0.6 is 11.3 Å². The molecule has 9 nitrogen and oxygen atoms in total. The van der Waals surface area contributed by atoms with Crippen LogP contribution < -0.4 is 5.32 Å². The van der Waals surface area contributed by atoms with E-state index < -0.39 is 10.8 Å². The maximum atomic E-state index is 13.3. The molecule has 0 radical (unpaired) electrons. The number of hydrogen-bond acceptors (Lipinski definition) is 7. The van der Waals surface area contributed by atoms with E-state index in [0.717, 1.165) is 5.56 Å². The van der Waals surface area contributed by atoms with Crippen molar-refractivity contribution in [3.05, 3.63) is 93.0 Å². The molecule has 11 heteroatoms. The molecule has 0 atom stereocenters. The summed E-state index contributed by atoms with van der Waals surface area (Å²) in [5.41, 5.74) is 1.45. The number of hydrogen-bond donors (Lipinski definition) is 1. The van der Waals surface area contributed by atoms with Crippen LogP contribution in [0.1, 0.15) is 21.1 Å². The van der Waals surface area contributed by atoms with Crippen molar-refractivity contribution in [3.8, 4) is 5.69 Å². The van der Waals surface area contributed by atoms with Crippen molar-refractivity contribution < 1.29 is 14.1 Å². The Morgan fingerprint density at radius 3 is 2.70 bits per heavy atom. The van der Waals surface area contributed by atoms with Gasteiger partial charge in [0.1, 0.15) is 10.8 Å². The van der Waals surface area contributed by atoms with Crippen LogP contribution in [-0.4, -0.2) is 30.8 Å². The van der Waals surface area contributed by atoms with Gasteiger partial charge in [0.2, 0.25) is 5.13 Å². The van der Waals surface area contributed by atoms with Gasteiger partial charge >= 0.3 is 0 Å². The van der Waals surface area contributed by atoms with Crippen LogP contribution in [0.3, 0.4) is 0 Å². The normalized spacial score (nSPS) is 10.7. The Bertz CT molecular complexity index is 1220. The third kappa shape index (κ3) is 4.36. The van der Waals surface area contributed by atoms with Crippen LogP contribution in [0.4, 0.5) is 15.2 Å². The van der Waals surface area contributed by atoms with Crippen LogP contribution in [0.5, 0.6) is 0 Å². The number of nitro benzene ring substituents is 1. The number of amides is 1. The van der Waals surface area contributed by atoms with Crippen molar-refractivity contribution in [1.82, 2.24) is 20.0 Å². The first-order valence-corrected chi connectivity index (χ1v) is 9.48. The number of nitrogens with one attached hydrogen (secondary N) is 1. The van der Waals surface area contributed by atoms with E-state index in [1.807, 2.05) is 0 Å². The Morgan fingerprint density at radius 1 is 1.17 bits per heavy atom. The summed E-state index contributed by atoms with van der Waals surface area (Å²) in [6, 6.07) is 13.5. The Labute approximate surface area is 173 Å². The molecule has 30 heavy (non-hydrogen) atoms. The van der Waals surface area contributed by atoms with Gasteiger partial charge in [-0.25, -0.2) is 9.07 Å². The molecule has 0 aliphatic carbocycles. The minimum atomic E-state index is -0.490. The SMILES string of the molecule is O=C(Nc1nnc(Cc2cccc(F)c2)s1)c1ccn(-c2ccc([N+](=O)[O-])cc2)n1. The Kier molecular flexibility index (Phi) is 5.26. The Balaban J connectivity index is 1.42. The molecule has 0 spiro atoms. The zero-order valence-electron chi connectivity index (χ0n) is 15.2. The van der Waals surface area contributed by atoms with Crippen molar-refractivity contribution >= 4 is 28.1 Å². The lowest BCUT2D eigenvalue weighted by atomic mass is 10.1. The van der Waals surface area contributed by atoms with Gasteiger partial charge in [-0.05, 0) is 35.9 Å². The lowest BCUT2D eigenvalue weighted by Gasteiger charge is -2.01. The zero-order chi connectivity index (χ0) is 21.1. The van der Waals surface area contributed by atoms with Crippen LogP contribution in [0.15, 0.2) is 60.8 Å². The molecule has 1 amide bonds. The quantitative estimate of drug-likeness (QED) is 0.373. The molecule has 0 unspecified atom stereocenters. The van der Waals surface area contributed by atoms with Crippen molar-refractivity contribution in [1.29, 1.82) is 0 Å². The largest absolute Gasteiger partial charge is 0.295 e. The van der Waals surface area contributed by atoms with E-state index in [9.17, 15) is 19.3 Å². The number of rotatable bonds is 6. The van der Waals surface area contributed by atoms with Gasteiger partial charge in [0.05, 0.1) is 10.6 Å². The molecule has 0 aliphatic rings. The number of halogens is 1. The first kappa shape index (κ1) is 19.3. The second-order valence-corrected chi connectivity index (χ2v) is 7.24. The zero-order valence-corrected chi connectivity index (χ0v) is 16.0. The third-order valence-electron chi connectivity index (χ3n) is 4.08. The fraction of sp³-hybridized carbons (Fsp3) is 0.0526. The summed E-state index contributed by atoms with van der Waals surface area (Å²) in [5.74, 6) is -0.793. The number of nitro groups is 1. The van der Waals surface area contributed by atoms with Gasteiger partial charge in [-0.1, -0.05) is 23.5 Å². The first-order valence-electron chi connectivity index (χ1n) is 8.66. The standard InChI is InChI=1S/C19H13FN6O3S/c20-13-3-1-2-12(10-13)11-17-22-23-19(30-17)21-18(27)16-8-9-25(24-16)14-4-6-15(7-5-14)26(28)29/h1-10H,11H2,(H,21,23,27). The predicted molar refractivity (Wildman–Crippen MR) is 107 cm³/mol. The fourth-order valence-electron chi connectivity index (χ4n) is 2.67. The van der Waals surface area contributed by atoms with Gasteiger partial charge < -0.3 is 0 Å². The summed E-state index contributed by atoms with van der Waals surface area (Å²) < 4.78 is 14.7. The molecule has 1 N–H and O–H groups in total. The number of carbonyl (C=O) groups is 1. The number of benzene rings is 2. The number of non-ortho nitro benzene ring substituents is 1. The highest BCUT2D eigenvalue weighted by Crippen LogP contribution is 2.20. The van der Waals surface area contributed by atoms with Gasteiger partial charge in [0.15, 0.2) is 5.69 Å². The third-order valence-corrected chi connectivity index (χ3v) is 4.92.